The zero-order valence-electron chi connectivity index (χ0n) is 24.0. The van der Waals surface area contributed by atoms with Gasteiger partial charge < -0.3 is 4.42 Å². The summed E-state index contributed by atoms with van der Waals surface area (Å²) in [6.45, 7) is 8.28. The third kappa shape index (κ3) is 4.14. The number of rotatable bonds is 4. The monoisotopic (exact) mass is 572 g/mol. The van der Waals surface area contributed by atoms with Gasteiger partial charge >= 0.3 is 0 Å². The van der Waals surface area contributed by atoms with Gasteiger partial charge in [0, 0.05) is 45.2 Å². The molecule has 7 heteroatoms. The maximum atomic E-state index is 13.8. The SMILES string of the molecule is Cc1ccc(N(c2ccc(C)cc2)c2cc3c(cn2)-c2oc(C=C4C(=O)c5cc(F)c(F)cc5C4=O)cc2C3(C)C)cc1. The molecule has 0 amide bonds. The molecule has 5 aromatic rings. The minimum atomic E-state index is -1.17. The van der Waals surface area contributed by atoms with Gasteiger partial charge in [0.1, 0.15) is 17.3 Å². The number of aryl methyl sites for hydroxylation is 2. The normalized spacial score (nSPS) is 14.5. The molecule has 0 bridgehead atoms. The molecule has 43 heavy (non-hydrogen) atoms. The minimum absolute atomic E-state index is 0.150. The number of pyridine rings is 1. The van der Waals surface area contributed by atoms with Crippen molar-refractivity contribution in [2.45, 2.75) is 33.1 Å². The highest BCUT2D eigenvalue weighted by atomic mass is 19.2. The summed E-state index contributed by atoms with van der Waals surface area (Å²) in [6, 6.07) is 22.0. The number of fused-ring (bicyclic) bond motifs is 4. The van der Waals surface area contributed by atoms with E-state index in [2.05, 4.69) is 87.2 Å². The lowest BCUT2D eigenvalue weighted by molar-refractivity contribution is 0.0990. The average Bonchev–Trinajstić information content (AvgIpc) is 3.57. The van der Waals surface area contributed by atoms with Gasteiger partial charge in [-0.05, 0) is 74.0 Å². The van der Waals surface area contributed by atoms with Gasteiger partial charge in [0.2, 0.25) is 0 Å². The molecule has 0 atom stereocenters. The number of hydrogen-bond donors (Lipinski definition) is 0. The van der Waals surface area contributed by atoms with Crippen molar-refractivity contribution in [2.75, 3.05) is 4.90 Å². The van der Waals surface area contributed by atoms with E-state index in [9.17, 15) is 18.4 Å². The number of Topliss-reactive ketones (excluding diaryl/α,β-unsaturated/α-hetero) is 2. The first-order valence-electron chi connectivity index (χ1n) is 13.9. The smallest absolute Gasteiger partial charge is 0.197 e. The van der Waals surface area contributed by atoms with Crippen LogP contribution in [-0.4, -0.2) is 16.6 Å². The van der Waals surface area contributed by atoms with Crippen LogP contribution in [0.15, 0.2) is 89.0 Å². The maximum Gasteiger partial charge on any atom is 0.197 e. The van der Waals surface area contributed by atoms with E-state index in [-0.39, 0.29) is 16.7 Å². The largest absolute Gasteiger partial charge is 0.456 e. The van der Waals surface area contributed by atoms with E-state index >= 15 is 0 Å². The van der Waals surface area contributed by atoms with Gasteiger partial charge in [-0.2, -0.15) is 0 Å². The van der Waals surface area contributed by atoms with Crippen LogP contribution in [0.1, 0.15) is 62.6 Å². The lowest BCUT2D eigenvalue weighted by Crippen LogP contribution is -2.17. The molecule has 212 valence electrons. The number of carbonyl (C=O) groups excluding carboxylic acids is 2. The van der Waals surface area contributed by atoms with Crippen molar-refractivity contribution in [1.29, 1.82) is 0 Å². The summed E-state index contributed by atoms with van der Waals surface area (Å²) >= 11 is 0. The van der Waals surface area contributed by atoms with Crippen molar-refractivity contribution in [2.24, 2.45) is 0 Å². The Morgan fingerprint density at radius 3 is 1.81 bits per heavy atom. The Labute approximate surface area is 247 Å². The summed E-state index contributed by atoms with van der Waals surface area (Å²) < 4.78 is 33.8. The summed E-state index contributed by atoms with van der Waals surface area (Å²) in [4.78, 5) is 32.8. The Hall–Kier alpha value is -5.17. The fourth-order valence-electron chi connectivity index (χ4n) is 5.95. The summed E-state index contributed by atoms with van der Waals surface area (Å²) in [7, 11) is 0. The molecule has 0 saturated carbocycles. The molecule has 2 aliphatic rings. The molecule has 3 aromatic carbocycles. The van der Waals surface area contributed by atoms with E-state index in [0.717, 1.165) is 57.1 Å². The first kappa shape index (κ1) is 26.7. The molecule has 2 aliphatic carbocycles. The number of hydrogen-bond acceptors (Lipinski definition) is 5. The molecular weight excluding hydrogens is 546 g/mol. The first-order chi connectivity index (χ1) is 20.5. The van der Waals surface area contributed by atoms with Crippen LogP contribution in [0.3, 0.4) is 0 Å². The molecule has 0 spiro atoms. The van der Waals surface area contributed by atoms with Crippen molar-refractivity contribution >= 4 is 34.8 Å². The van der Waals surface area contributed by atoms with Crippen LogP contribution in [0.4, 0.5) is 26.0 Å². The van der Waals surface area contributed by atoms with Crippen LogP contribution >= 0.6 is 0 Å². The van der Waals surface area contributed by atoms with E-state index in [0.29, 0.717) is 11.5 Å². The van der Waals surface area contributed by atoms with Crippen LogP contribution in [0.25, 0.3) is 17.4 Å². The summed E-state index contributed by atoms with van der Waals surface area (Å²) in [6.07, 6.45) is 3.15. The van der Waals surface area contributed by atoms with Gasteiger partial charge in [0.15, 0.2) is 23.2 Å². The number of aromatic nitrogens is 1. The van der Waals surface area contributed by atoms with Crippen LogP contribution < -0.4 is 4.90 Å². The fraction of sp³-hybridized carbons (Fsp3) is 0.139. The second-order valence-electron chi connectivity index (χ2n) is 11.6. The number of benzene rings is 3. The third-order valence-corrected chi connectivity index (χ3v) is 8.37. The second kappa shape index (κ2) is 9.42. The highest BCUT2D eigenvalue weighted by molar-refractivity contribution is 6.41. The van der Waals surface area contributed by atoms with Crippen molar-refractivity contribution in [1.82, 2.24) is 4.98 Å². The Bertz CT molecular complexity index is 1930. The van der Waals surface area contributed by atoms with Gasteiger partial charge in [-0.25, -0.2) is 13.8 Å². The lowest BCUT2D eigenvalue weighted by atomic mass is 9.83. The molecular formula is C36H26F2N2O3. The summed E-state index contributed by atoms with van der Waals surface area (Å²) in [5.74, 6) is -2.00. The van der Waals surface area contributed by atoms with Crippen LogP contribution in [0, 0.1) is 25.5 Å². The van der Waals surface area contributed by atoms with Gasteiger partial charge in [-0.15, -0.1) is 0 Å². The minimum Gasteiger partial charge on any atom is -0.456 e. The highest BCUT2D eigenvalue weighted by Gasteiger charge is 2.41. The van der Waals surface area contributed by atoms with Gasteiger partial charge in [-0.1, -0.05) is 49.2 Å². The van der Waals surface area contributed by atoms with Crippen molar-refractivity contribution < 1.29 is 22.8 Å². The molecule has 2 aromatic heterocycles. The third-order valence-electron chi connectivity index (χ3n) is 8.37. The van der Waals surface area contributed by atoms with Crippen molar-refractivity contribution in [3.63, 3.8) is 0 Å². The average molecular weight is 573 g/mol. The topological polar surface area (TPSA) is 63.4 Å². The number of ketones is 2. The molecule has 0 N–H and O–H groups in total. The second-order valence-corrected chi connectivity index (χ2v) is 11.6. The lowest BCUT2D eigenvalue weighted by Gasteiger charge is -2.27. The van der Waals surface area contributed by atoms with Gasteiger partial charge in [-0.3, -0.25) is 14.5 Å². The van der Waals surface area contributed by atoms with E-state index in [1.807, 2.05) is 6.07 Å². The predicted molar refractivity (Wildman–Crippen MR) is 161 cm³/mol. The predicted octanol–water partition coefficient (Wildman–Crippen LogP) is 8.81. The van der Waals surface area contributed by atoms with E-state index < -0.39 is 28.6 Å². The Kier molecular flexibility index (Phi) is 5.85. The van der Waals surface area contributed by atoms with Crippen molar-refractivity contribution in [3.05, 3.63) is 135 Å². The molecule has 0 aliphatic heterocycles. The maximum absolute atomic E-state index is 13.8. The number of allylic oxidation sites excluding steroid dienone is 1. The van der Waals surface area contributed by atoms with Gasteiger partial charge in [0.05, 0.1) is 5.57 Å². The Morgan fingerprint density at radius 2 is 1.28 bits per heavy atom. The van der Waals surface area contributed by atoms with Crippen LogP contribution in [0.2, 0.25) is 0 Å². The number of nitrogens with zero attached hydrogens (tertiary/aromatic N) is 2. The number of anilines is 3. The molecule has 2 heterocycles. The molecule has 7 rings (SSSR count). The number of halogens is 2. The molecule has 0 saturated heterocycles. The molecule has 0 fully saturated rings. The number of carbonyl (C=O) groups is 2. The van der Waals surface area contributed by atoms with E-state index in [4.69, 9.17) is 9.40 Å². The Morgan fingerprint density at radius 1 is 0.744 bits per heavy atom. The standard InChI is InChI=1S/C36H26F2N2O3/c1-19-5-9-21(10-6-19)40(22-11-7-20(2)8-12-22)32-17-28-27(18-39-32)35-29(36(28,3)4)14-23(43-35)13-26-33(41)24-15-30(37)31(38)16-25(24)34(26)42/h5-18H,1-4H3. The van der Waals surface area contributed by atoms with E-state index in [1.54, 1.807) is 6.20 Å². The highest BCUT2D eigenvalue weighted by Crippen LogP contribution is 2.51. The van der Waals surface area contributed by atoms with Crippen LogP contribution in [0.5, 0.6) is 0 Å². The Balaban J connectivity index is 1.29. The zero-order chi connectivity index (χ0) is 30.2. The molecule has 0 radical (unpaired) electrons. The molecule has 0 unspecified atom stereocenters. The first-order valence-corrected chi connectivity index (χ1v) is 13.9. The van der Waals surface area contributed by atoms with Gasteiger partial charge in [0.25, 0.3) is 0 Å². The summed E-state index contributed by atoms with van der Waals surface area (Å²) in [5, 5.41) is 0. The molecule has 5 nitrogen and oxygen atoms in total. The summed E-state index contributed by atoms with van der Waals surface area (Å²) in [5.41, 5.74) is 6.05. The zero-order valence-corrected chi connectivity index (χ0v) is 24.0. The fourth-order valence-corrected chi connectivity index (χ4v) is 5.95. The van der Waals surface area contributed by atoms with Crippen molar-refractivity contribution in [3.8, 4) is 11.3 Å². The number of furan rings is 1. The van der Waals surface area contributed by atoms with Crippen LogP contribution in [-0.2, 0) is 5.41 Å². The van der Waals surface area contributed by atoms with E-state index in [1.165, 1.54) is 6.08 Å². The quantitative estimate of drug-likeness (QED) is 0.159.